The van der Waals surface area contributed by atoms with Gasteiger partial charge in [-0.3, -0.25) is 9.59 Å². The Morgan fingerprint density at radius 3 is 2.22 bits per heavy atom. The molecule has 0 spiro atoms. The number of carbonyl (C=O) groups excluding carboxylic acids is 2. The van der Waals surface area contributed by atoms with Crippen LogP contribution in [0.2, 0.25) is 0 Å². The van der Waals surface area contributed by atoms with Gasteiger partial charge >= 0.3 is 12.1 Å². The lowest BCUT2D eigenvalue weighted by molar-refractivity contribution is -0.145. The summed E-state index contributed by atoms with van der Waals surface area (Å²) in [6.45, 7) is 1.78. The van der Waals surface area contributed by atoms with Gasteiger partial charge in [0.15, 0.2) is 0 Å². The molecule has 0 heterocycles. The zero-order valence-corrected chi connectivity index (χ0v) is 18.1. The Balaban J connectivity index is 1.27. The molecule has 2 aliphatic carbocycles. The summed E-state index contributed by atoms with van der Waals surface area (Å²) in [6.07, 6.45) is 1.80. The molecular weight excluding hydrogens is 408 g/mol. The van der Waals surface area contributed by atoms with Gasteiger partial charge in [0, 0.05) is 24.4 Å². The highest BCUT2D eigenvalue weighted by atomic mass is 16.5. The number of carbonyl (C=O) groups is 3. The van der Waals surface area contributed by atoms with Crippen LogP contribution in [-0.4, -0.2) is 53.2 Å². The summed E-state index contributed by atoms with van der Waals surface area (Å²) < 4.78 is 5.54. The van der Waals surface area contributed by atoms with Gasteiger partial charge in [-0.25, -0.2) is 4.79 Å². The molecule has 4 rings (SSSR count). The van der Waals surface area contributed by atoms with Crippen molar-refractivity contribution in [2.45, 2.75) is 50.6 Å². The number of nitrogens with zero attached hydrogens (tertiary/aromatic N) is 1. The number of benzene rings is 2. The monoisotopic (exact) mass is 436 g/mol. The Bertz CT molecular complexity index is 971. The highest BCUT2D eigenvalue weighted by Gasteiger charge is 2.34. The van der Waals surface area contributed by atoms with E-state index in [2.05, 4.69) is 29.6 Å². The minimum Gasteiger partial charge on any atom is -0.480 e. The third kappa shape index (κ3) is 4.93. The smallest absolute Gasteiger partial charge is 0.407 e. The van der Waals surface area contributed by atoms with E-state index < -0.39 is 12.1 Å². The fraction of sp³-hybridized carbons (Fsp3) is 0.400. The predicted molar refractivity (Wildman–Crippen MR) is 119 cm³/mol. The van der Waals surface area contributed by atoms with Crippen molar-refractivity contribution < 1.29 is 24.2 Å². The molecule has 2 N–H and O–H groups in total. The number of aliphatic carboxylic acids is 1. The number of carboxylic acids is 1. The second-order valence-corrected chi connectivity index (χ2v) is 8.56. The minimum absolute atomic E-state index is 0.00634. The highest BCUT2D eigenvalue weighted by molar-refractivity contribution is 5.82. The third-order valence-corrected chi connectivity index (χ3v) is 6.11. The Morgan fingerprint density at radius 1 is 1.06 bits per heavy atom. The van der Waals surface area contributed by atoms with Crippen molar-refractivity contribution in [2.24, 2.45) is 0 Å². The van der Waals surface area contributed by atoms with E-state index in [-0.39, 0.29) is 43.5 Å². The van der Waals surface area contributed by atoms with Crippen LogP contribution in [0.1, 0.15) is 49.7 Å². The van der Waals surface area contributed by atoms with Crippen LogP contribution in [0.15, 0.2) is 48.5 Å². The standard InChI is InChI=1S/C25H28N2O5/c1-16(10-13-23(28)27(14-24(29)30)17-11-12-17)26-25(31)32-15-22-20-8-4-2-6-18(20)19-7-3-5-9-21(19)22/h2-9,16-17,22H,10-15H2,1H3,(H,26,31)(H,29,30). The Hall–Kier alpha value is -3.35. The van der Waals surface area contributed by atoms with Crippen molar-refractivity contribution in [3.8, 4) is 11.1 Å². The van der Waals surface area contributed by atoms with E-state index in [0.29, 0.717) is 6.42 Å². The van der Waals surface area contributed by atoms with Gasteiger partial charge in [0.05, 0.1) is 0 Å². The maximum Gasteiger partial charge on any atom is 0.407 e. The molecule has 0 aliphatic heterocycles. The molecule has 0 bridgehead atoms. The number of ether oxygens (including phenoxy) is 1. The quantitative estimate of drug-likeness (QED) is 0.624. The molecule has 32 heavy (non-hydrogen) atoms. The molecule has 0 saturated heterocycles. The average Bonchev–Trinajstić information content (AvgIpc) is 3.57. The van der Waals surface area contributed by atoms with Crippen LogP contribution >= 0.6 is 0 Å². The number of amides is 2. The molecule has 0 radical (unpaired) electrons. The number of hydrogen-bond acceptors (Lipinski definition) is 4. The van der Waals surface area contributed by atoms with Gasteiger partial charge in [0.25, 0.3) is 0 Å². The SMILES string of the molecule is CC(CCC(=O)N(CC(=O)O)C1CC1)NC(=O)OCC1c2ccccc2-c2ccccc21. The molecule has 168 valence electrons. The number of nitrogens with one attached hydrogen (secondary N) is 1. The first-order valence-electron chi connectivity index (χ1n) is 11.1. The van der Waals surface area contributed by atoms with Crippen molar-refractivity contribution in [2.75, 3.05) is 13.2 Å². The van der Waals surface area contributed by atoms with Crippen LogP contribution < -0.4 is 5.32 Å². The zero-order valence-electron chi connectivity index (χ0n) is 18.1. The summed E-state index contributed by atoms with van der Waals surface area (Å²) in [7, 11) is 0. The maximum atomic E-state index is 12.4. The van der Waals surface area contributed by atoms with Crippen molar-refractivity contribution in [3.05, 3.63) is 59.7 Å². The lowest BCUT2D eigenvalue weighted by atomic mass is 9.98. The fourth-order valence-corrected chi connectivity index (χ4v) is 4.35. The first-order chi connectivity index (χ1) is 15.4. The molecule has 1 atom stereocenters. The Labute approximate surface area is 187 Å². The second kappa shape index (κ2) is 9.42. The molecular formula is C25H28N2O5. The topological polar surface area (TPSA) is 95.9 Å². The minimum atomic E-state index is -1.00. The molecule has 7 nitrogen and oxygen atoms in total. The summed E-state index contributed by atoms with van der Waals surface area (Å²) >= 11 is 0. The van der Waals surface area contributed by atoms with Crippen molar-refractivity contribution in [3.63, 3.8) is 0 Å². The summed E-state index contributed by atoms with van der Waals surface area (Å²) in [4.78, 5) is 37.2. The van der Waals surface area contributed by atoms with Gasteiger partial charge in [-0.2, -0.15) is 0 Å². The van der Waals surface area contributed by atoms with E-state index in [4.69, 9.17) is 9.84 Å². The summed E-state index contributed by atoms with van der Waals surface area (Å²) in [5.74, 6) is -1.20. The number of hydrogen-bond donors (Lipinski definition) is 2. The summed E-state index contributed by atoms with van der Waals surface area (Å²) in [5.41, 5.74) is 4.65. The van der Waals surface area contributed by atoms with Gasteiger partial charge in [0.2, 0.25) is 5.91 Å². The van der Waals surface area contributed by atoms with E-state index in [1.807, 2.05) is 31.2 Å². The van der Waals surface area contributed by atoms with Crippen molar-refractivity contribution in [1.82, 2.24) is 10.2 Å². The van der Waals surface area contributed by atoms with Gasteiger partial charge in [-0.1, -0.05) is 48.5 Å². The number of rotatable bonds is 9. The van der Waals surface area contributed by atoms with E-state index >= 15 is 0 Å². The average molecular weight is 437 g/mol. The van der Waals surface area contributed by atoms with E-state index in [1.54, 1.807) is 0 Å². The van der Waals surface area contributed by atoms with Crippen LogP contribution in [0, 0.1) is 0 Å². The van der Waals surface area contributed by atoms with Crippen molar-refractivity contribution >= 4 is 18.0 Å². The molecule has 1 fully saturated rings. The fourth-order valence-electron chi connectivity index (χ4n) is 4.35. The predicted octanol–water partition coefficient (Wildman–Crippen LogP) is 3.77. The Morgan fingerprint density at radius 2 is 1.66 bits per heavy atom. The molecule has 2 aliphatic rings. The Kier molecular flexibility index (Phi) is 6.44. The summed E-state index contributed by atoms with van der Waals surface area (Å²) in [5, 5.41) is 11.8. The normalized spacial score (nSPS) is 15.4. The highest BCUT2D eigenvalue weighted by Crippen LogP contribution is 2.44. The molecule has 2 aromatic rings. The third-order valence-electron chi connectivity index (χ3n) is 6.11. The van der Waals surface area contributed by atoms with Crippen molar-refractivity contribution in [1.29, 1.82) is 0 Å². The lowest BCUT2D eigenvalue weighted by Gasteiger charge is -2.21. The van der Waals surface area contributed by atoms with Gasteiger partial charge in [-0.05, 0) is 48.4 Å². The molecule has 1 saturated carbocycles. The van der Waals surface area contributed by atoms with Gasteiger partial charge < -0.3 is 20.1 Å². The zero-order chi connectivity index (χ0) is 22.7. The van der Waals surface area contributed by atoms with Crippen LogP contribution in [0.3, 0.4) is 0 Å². The van der Waals surface area contributed by atoms with E-state index in [9.17, 15) is 14.4 Å². The first kappa shape index (κ1) is 21.9. The first-order valence-corrected chi connectivity index (χ1v) is 11.1. The lowest BCUT2D eigenvalue weighted by Crippen LogP contribution is -2.39. The largest absolute Gasteiger partial charge is 0.480 e. The van der Waals surface area contributed by atoms with Gasteiger partial charge in [0.1, 0.15) is 13.2 Å². The van der Waals surface area contributed by atoms with Crippen LogP contribution in [0.25, 0.3) is 11.1 Å². The van der Waals surface area contributed by atoms with Crippen LogP contribution in [-0.2, 0) is 14.3 Å². The molecule has 1 unspecified atom stereocenters. The molecule has 2 aromatic carbocycles. The molecule has 2 amide bonds. The molecule has 0 aromatic heterocycles. The number of fused-ring (bicyclic) bond motifs is 3. The number of alkyl carbamates (subject to hydrolysis) is 1. The molecule has 7 heteroatoms. The van der Waals surface area contributed by atoms with Crippen LogP contribution in [0.4, 0.5) is 4.79 Å². The summed E-state index contributed by atoms with van der Waals surface area (Å²) in [6, 6.07) is 16.1. The van der Waals surface area contributed by atoms with Gasteiger partial charge in [-0.15, -0.1) is 0 Å². The van der Waals surface area contributed by atoms with Crippen LogP contribution in [0.5, 0.6) is 0 Å². The van der Waals surface area contributed by atoms with E-state index in [0.717, 1.165) is 24.0 Å². The maximum absolute atomic E-state index is 12.4. The van der Waals surface area contributed by atoms with E-state index in [1.165, 1.54) is 16.0 Å². The number of carboxylic acid groups (broad SMARTS) is 1. The second-order valence-electron chi connectivity index (χ2n) is 8.56.